The third kappa shape index (κ3) is 5.65. The second-order valence-corrected chi connectivity index (χ2v) is 8.96. The van der Waals surface area contributed by atoms with Gasteiger partial charge >= 0.3 is 0 Å². The van der Waals surface area contributed by atoms with Crippen LogP contribution in [-0.4, -0.2) is 47.1 Å². The molecular weight excluding hydrogens is 404 g/mol. The summed E-state index contributed by atoms with van der Waals surface area (Å²) in [5, 5.41) is 15.6. The Bertz CT molecular complexity index is 921. The molecule has 1 aromatic heterocycles. The Morgan fingerprint density at radius 2 is 1.72 bits per heavy atom. The van der Waals surface area contributed by atoms with Crippen molar-refractivity contribution in [2.75, 3.05) is 23.3 Å². The number of hydrogen-bond acceptors (Lipinski definition) is 5. The molecule has 2 aromatic rings. The van der Waals surface area contributed by atoms with Gasteiger partial charge in [0, 0.05) is 43.5 Å². The predicted octanol–water partition coefficient (Wildman–Crippen LogP) is 3.34. The highest BCUT2D eigenvalue weighted by Crippen LogP contribution is 2.26. The van der Waals surface area contributed by atoms with Gasteiger partial charge in [-0.1, -0.05) is 12.1 Å². The second kappa shape index (κ2) is 10.1. The highest BCUT2D eigenvalue weighted by Gasteiger charge is 2.29. The molecule has 7 heteroatoms. The zero-order valence-electron chi connectivity index (χ0n) is 18.6. The van der Waals surface area contributed by atoms with Gasteiger partial charge in [-0.2, -0.15) is 0 Å². The van der Waals surface area contributed by atoms with E-state index in [0.717, 1.165) is 67.7 Å². The van der Waals surface area contributed by atoms with Crippen LogP contribution in [-0.2, 0) is 9.59 Å². The lowest BCUT2D eigenvalue weighted by Gasteiger charge is -2.34. The Morgan fingerprint density at radius 1 is 1.00 bits per heavy atom. The van der Waals surface area contributed by atoms with Gasteiger partial charge in [0.2, 0.25) is 11.8 Å². The molecule has 170 valence electrons. The average molecular weight is 437 g/mol. The number of benzene rings is 1. The molecule has 0 bridgehead atoms. The second-order valence-electron chi connectivity index (χ2n) is 8.96. The minimum Gasteiger partial charge on any atom is -0.393 e. The van der Waals surface area contributed by atoms with Crippen LogP contribution in [0.3, 0.4) is 0 Å². The summed E-state index contributed by atoms with van der Waals surface area (Å²) >= 11 is 0. The number of piperidine rings is 1. The standard InChI is InChI=1S/C25H32N4O3/c1-17(30)27-21-7-4-18(5-8-21)19-6-13-24(26-15-19)29-14-2-3-20(16-29)25(32)28-22-9-11-23(31)12-10-22/h4-8,13,15,20,22-23,31H,2-3,9-12,14,16H2,1H3,(H,27,30)(H,28,32)/t20-,22?,23?/m0/s1. The summed E-state index contributed by atoms with van der Waals surface area (Å²) < 4.78 is 0. The maximum absolute atomic E-state index is 12.8. The molecule has 2 amide bonds. The van der Waals surface area contributed by atoms with E-state index in [1.807, 2.05) is 42.6 Å². The molecule has 0 spiro atoms. The molecule has 1 saturated heterocycles. The van der Waals surface area contributed by atoms with Crippen molar-refractivity contribution in [3.8, 4) is 11.1 Å². The van der Waals surface area contributed by atoms with E-state index in [9.17, 15) is 14.7 Å². The Kier molecular flexibility index (Phi) is 7.05. The van der Waals surface area contributed by atoms with E-state index in [1.54, 1.807) is 0 Å². The number of nitrogens with zero attached hydrogens (tertiary/aromatic N) is 2. The van der Waals surface area contributed by atoms with Crippen LogP contribution in [0.1, 0.15) is 45.4 Å². The molecule has 1 aromatic carbocycles. The van der Waals surface area contributed by atoms with Crippen molar-refractivity contribution in [2.45, 2.75) is 57.6 Å². The Morgan fingerprint density at radius 3 is 2.38 bits per heavy atom. The van der Waals surface area contributed by atoms with E-state index >= 15 is 0 Å². The fraction of sp³-hybridized carbons (Fsp3) is 0.480. The number of pyridine rings is 1. The lowest BCUT2D eigenvalue weighted by Crippen LogP contribution is -2.47. The summed E-state index contributed by atoms with van der Waals surface area (Å²) in [4.78, 5) is 30.8. The molecule has 2 heterocycles. The summed E-state index contributed by atoms with van der Waals surface area (Å²) in [6.45, 7) is 3.07. The first-order chi connectivity index (χ1) is 15.5. The Hall–Kier alpha value is -2.93. The normalized spacial score (nSPS) is 23.4. The first-order valence-corrected chi connectivity index (χ1v) is 11.6. The topological polar surface area (TPSA) is 94.6 Å². The molecule has 7 nitrogen and oxygen atoms in total. The molecular formula is C25H32N4O3. The smallest absolute Gasteiger partial charge is 0.225 e. The molecule has 0 unspecified atom stereocenters. The molecule has 0 radical (unpaired) electrons. The van der Waals surface area contributed by atoms with Crippen molar-refractivity contribution in [3.05, 3.63) is 42.6 Å². The van der Waals surface area contributed by atoms with Crippen LogP contribution >= 0.6 is 0 Å². The van der Waals surface area contributed by atoms with Crippen molar-refractivity contribution in [1.29, 1.82) is 0 Å². The van der Waals surface area contributed by atoms with E-state index in [2.05, 4.69) is 20.5 Å². The number of aliphatic hydroxyl groups excluding tert-OH is 1. The number of carbonyl (C=O) groups is 2. The zero-order chi connectivity index (χ0) is 22.5. The van der Waals surface area contributed by atoms with Crippen LogP contribution in [0.5, 0.6) is 0 Å². The summed E-state index contributed by atoms with van der Waals surface area (Å²) in [5.74, 6) is 0.905. The number of aliphatic hydroxyl groups is 1. The Balaban J connectivity index is 1.35. The van der Waals surface area contributed by atoms with Gasteiger partial charge in [-0.05, 0) is 68.4 Å². The first kappa shape index (κ1) is 22.3. The fourth-order valence-corrected chi connectivity index (χ4v) is 4.63. The monoisotopic (exact) mass is 436 g/mol. The van der Waals surface area contributed by atoms with Crippen molar-refractivity contribution in [1.82, 2.24) is 10.3 Å². The van der Waals surface area contributed by atoms with E-state index in [-0.39, 0.29) is 29.9 Å². The van der Waals surface area contributed by atoms with Gasteiger partial charge in [-0.15, -0.1) is 0 Å². The number of carbonyl (C=O) groups excluding carboxylic acids is 2. The Labute approximate surface area is 189 Å². The zero-order valence-corrected chi connectivity index (χ0v) is 18.6. The minimum absolute atomic E-state index is 0.0293. The molecule has 1 aliphatic carbocycles. The van der Waals surface area contributed by atoms with Gasteiger partial charge in [0.05, 0.1) is 12.0 Å². The van der Waals surface area contributed by atoms with E-state index in [4.69, 9.17) is 0 Å². The van der Waals surface area contributed by atoms with Crippen molar-refractivity contribution >= 4 is 23.3 Å². The van der Waals surface area contributed by atoms with Gasteiger partial charge < -0.3 is 20.6 Å². The van der Waals surface area contributed by atoms with Crippen LogP contribution in [0.15, 0.2) is 42.6 Å². The number of aromatic nitrogens is 1. The lowest BCUT2D eigenvalue weighted by molar-refractivity contribution is -0.126. The average Bonchev–Trinajstić information content (AvgIpc) is 2.81. The van der Waals surface area contributed by atoms with E-state index < -0.39 is 0 Å². The largest absolute Gasteiger partial charge is 0.393 e. The molecule has 4 rings (SSSR count). The van der Waals surface area contributed by atoms with Gasteiger partial charge in [0.15, 0.2) is 0 Å². The van der Waals surface area contributed by atoms with Crippen LogP contribution < -0.4 is 15.5 Å². The molecule has 2 fully saturated rings. The minimum atomic E-state index is -0.211. The highest BCUT2D eigenvalue weighted by atomic mass is 16.3. The van der Waals surface area contributed by atoms with E-state index in [0.29, 0.717) is 6.54 Å². The highest BCUT2D eigenvalue weighted by molar-refractivity contribution is 5.89. The van der Waals surface area contributed by atoms with Gasteiger partial charge in [-0.25, -0.2) is 4.98 Å². The maximum Gasteiger partial charge on any atom is 0.225 e. The molecule has 1 atom stereocenters. The molecule has 1 aliphatic heterocycles. The van der Waals surface area contributed by atoms with Gasteiger partial charge in [0.1, 0.15) is 5.82 Å². The summed E-state index contributed by atoms with van der Waals surface area (Å²) in [6.07, 6.45) is 6.78. The first-order valence-electron chi connectivity index (χ1n) is 11.6. The SMILES string of the molecule is CC(=O)Nc1ccc(-c2ccc(N3CCC[C@H](C(=O)NC4CCC(O)CC4)C3)nc2)cc1. The molecule has 1 saturated carbocycles. The third-order valence-electron chi connectivity index (χ3n) is 6.45. The van der Waals surface area contributed by atoms with Crippen LogP contribution in [0.2, 0.25) is 0 Å². The van der Waals surface area contributed by atoms with Crippen LogP contribution in [0.25, 0.3) is 11.1 Å². The fourth-order valence-electron chi connectivity index (χ4n) is 4.63. The summed E-state index contributed by atoms with van der Waals surface area (Å²) in [5.41, 5.74) is 2.81. The van der Waals surface area contributed by atoms with Crippen molar-refractivity contribution in [3.63, 3.8) is 0 Å². The molecule has 2 aliphatic rings. The predicted molar refractivity (Wildman–Crippen MR) is 125 cm³/mol. The quantitative estimate of drug-likeness (QED) is 0.668. The summed E-state index contributed by atoms with van der Waals surface area (Å²) in [6, 6.07) is 11.9. The van der Waals surface area contributed by atoms with Crippen molar-refractivity contribution in [2.24, 2.45) is 5.92 Å². The number of anilines is 2. The maximum atomic E-state index is 12.8. The van der Waals surface area contributed by atoms with Crippen molar-refractivity contribution < 1.29 is 14.7 Å². The number of nitrogens with one attached hydrogen (secondary N) is 2. The number of amides is 2. The number of hydrogen-bond donors (Lipinski definition) is 3. The van der Waals surface area contributed by atoms with Crippen LogP contribution in [0, 0.1) is 5.92 Å². The number of rotatable bonds is 5. The summed E-state index contributed by atoms with van der Waals surface area (Å²) in [7, 11) is 0. The molecule has 3 N–H and O–H groups in total. The van der Waals surface area contributed by atoms with E-state index in [1.165, 1.54) is 6.92 Å². The van der Waals surface area contributed by atoms with Gasteiger partial charge in [-0.3, -0.25) is 9.59 Å². The van der Waals surface area contributed by atoms with Gasteiger partial charge in [0.25, 0.3) is 0 Å². The molecule has 32 heavy (non-hydrogen) atoms. The lowest BCUT2D eigenvalue weighted by atomic mass is 9.91. The van der Waals surface area contributed by atoms with Crippen LogP contribution in [0.4, 0.5) is 11.5 Å². The third-order valence-corrected chi connectivity index (χ3v) is 6.45.